The lowest BCUT2D eigenvalue weighted by atomic mass is 9.97. The molecule has 1 heterocycles. The predicted octanol–water partition coefficient (Wildman–Crippen LogP) is 2.12. The Morgan fingerprint density at radius 3 is 2.50 bits per heavy atom. The highest BCUT2D eigenvalue weighted by Crippen LogP contribution is 2.41. The molecular formula is C13H16O3. The van der Waals surface area contributed by atoms with Crippen LogP contribution >= 0.6 is 0 Å². The fraction of sp³-hybridized carbons (Fsp3) is 0.462. The molecule has 3 nitrogen and oxygen atoms in total. The molecule has 3 heteroatoms. The van der Waals surface area contributed by atoms with Gasteiger partial charge in [0.1, 0.15) is 17.8 Å². The Hall–Kier alpha value is -1.19. The van der Waals surface area contributed by atoms with Crippen molar-refractivity contribution in [3.8, 4) is 0 Å². The van der Waals surface area contributed by atoms with Crippen LogP contribution in [0.3, 0.4) is 0 Å². The van der Waals surface area contributed by atoms with Crippen LogP contribution in [0.1, 0.15) is 25.5 Å². The minimum Gasteiger partial charge on any atom is -0.371 e. The number of ether oxygens (including phenoxy) is 2. The van der Waals surface area contributed by atoms with Crippen molar-refractivity contribution < 1.29 is 14.3 Å². The molecule has 0 aliphatic carbocycles. The lowest BCUT2D eigenvalue weighted by Gasteiger charge is -2.19. The van der Waals surface area contributed by atoms with Crippen molar-refractivity contribution in [1.29, 1.82) is 0 Å². The summed E-state index contributed by atoms with van der Waals surface area (Å²) in [5, 5.41) is 0. The molecule has 0 spiro atoms. The molecule has 0 unspecified atom stereocenters. The van der Waals surface area contributed by atoms with E-state index in [0.717, 1.165) is 5.56 Å². The van der Waals surface area contributed by atoms with E-state index in [1.165, 1.54) is 7.11 Å². The zero-order valence-corrected chi connectivity index (χ0v) is 9.77. The number of hydrogen-bond donors (Lipinski definition) is 0. The fourth-order valence-electron chi connectivity index (χ4n) is 1.65. The highest BCUT2D eigenvalue weighted by molar-refractivity contribution is 5.93. The molecule has 16 heavy (non-hydrogen) atoms. The van der Waals surface area contributed by atoms with Crippen LogP contribution in [0.25, 0.3) is 0 Å². The number of methoxy groups -OCH3 is 1. The Kier molecular flexibility index (Phi) is 2.82. The number of ketones is 1. The average Bonchev–Trinajstić information content (AvgIpc) is 3.09. The van der Waals surface area contributed by atoms with Crippen LogP contribution in [-0.4, -0.2) is 24.6 Å². The van der Waals surface area contributed by atoms with Crippen LogP contribution in [0.5, 0.6) is 0 Å². The van der Waals surface area contributed by atoms with Gasteiger partial charge in [0.15, 0.2) is 5.78 Å². The van der Waals surface area contributed by atoms with Gasteiger partial charge in [-0.05, 0) is 19.4 Å². The van der Waals surface area contributed by atoms with Crippen LogP contribution in [-0.2, 0) is 14.3 Å². The predicted molar refractivity (Wildman–Crippen MR) is 60.2 cm³/mol. The van der Waals surface area contributed by atoms with Gasteiger partial charge in [0, 0.05) is 7.11 Å². The quantitative estimate of drug-likeness (QED) is 0.729. The van der Waals surface area contributed by atoms with E-state index in [2.05, 4.69) is 0 Å². The SMILES string of the molecule is COC(C)(C)C(=O)[C@@H]1O[C@H]1c1ccccc1. The standard InChI is InChI=1S/C13H16O3/c1-13(2,15-3)12(14)11-10(16-11)9-7-5-4-6-8-9/h4-8,10-11H,1-3H3/t10-,11+/m0/s1. The normalized spacial score (nSPS) is 24.2. The molecule has 0 saturated carbocycles. The summed E-state index contributed by atoms with van der Waals surface area (Å²) in [6, 6.07) is 9.78. The second-order valence-electron chi connectivity index (χ2n) is 4.47. The summed E-state index contributed by atoms with van der Waals surface area (Å²) in [5.74, 6) is 0.00357. The first-order valence-electron chi connectivity index (χ1n) is 5.36. The van der Waals surface area contributed by atoms with Gasteiger partial charge in [0.25, 0.3) is 0 Å². The molecule has 1 aromatic carbocycles. The summed E-state index contributed by atoms with van der Waals surface area (Å²) in [7, 11) is 1.54. The van der Waals surface area contributed by atoms with Crippen LogP contribution in [0.15, 0.2) is 30.3 Å². The van der Waals surface area contributed by atoms with Crippen LogP contribution in [0, 0.1) is 0 Å². The number of carbonyl (C=O) groups is 1. The second kappa shape index (κ2) is 4.00. The summed E-state index contributed by atoms with van der Waals surface area (Å²) < 4.78 is 10.6. The molecule has 2 rings (SSSR count). The smallest absolute Gasteiger partial charge is 0.195 e. The van der Waals surface area contributed by atoms with E-state index in [1.54, 1.807) is 13.8 Å². The summed E-state index contributed by atoms with van der Waals surface area (Å²) in [4.78, 5) is 12.0. The average molecular weight is 220 g/mol. The topological polar surface area (TPSA) is 38.8 Å². The van der Waals surface area contributed by atoms with Crippen molar-refractivity contribution >= 4 is 5.78 Å². The first-order valence-corrected chi connectivity index (χ1v) is 5.36. The number of epoxide rings is 1. The zero-order chi connectivity index (χ0) is 11.8. The molecule has 1 fully saturated rings. The molecular weight excluding hydrogens is 204 g/mol. The van der Waals surface area contributed by atoms with Crippen LogP contribution in [0.2, 0.25) is 0 Å². The van der Waals surface area contributed by atoms with Gasteiger partial charge < -0.3 is 9.47 Å². The molecule has 1 aromatic rings. The third-order valence-electron chi connectivity index (χ3n) is 2.98. The Morgan fingerprint density at radius 2 is 1.94 bits per heavy atom. The van der Waals surface area contributed by atoms with Gasteiger partial charge in [-0.1, -0.05) is 30.3 Å². The maximum Gasteiger partial charge on any atom is 0.195 e. The molecule has 0 radical (unpaired) electrons. The van der Waals surface area contributed by atoms with Gasteiger partial charge >= 0.3 is 0 Å². The van der Waals surface area contributed by atoms with Crippen molar-refractivity contribution in [3.05, 3.63) is 35.9 Å². The van der Waals surface area contributed by atoms with E-state index < -0.39 is 5.60 Å². The van der Waals surface area contributed by atoms with Gasteiger partial charge in [-0.2, -0.15) is 0 Å². The van der Waals surface area contributed by atoms with Crippen molar-refractivity contribution in [3.63, 3.8) is 0 Å². The highest BCUT2D eigenvalue weighted by Gasteiger charge is 2.50. The van der Waals surface area contributed by atoms with Gasteiger partial charge in [-0.25, -0.2) is 0 Å². The van der Waals surface area contributed by atoms with Crippen molar-refractivity contribution in [1.82, 2.24) is 0 Å². The summed E-state index contributed by atoms with van der Waals surface area (Å²) in [5.41, 5.74) is 0.279. The van der Waals surface area contributed by atoms with Gasteiger partial charge in [-0.3, -0.25) is 4.79 Å². The fourth-order valence-corrected chi connectivity index (χ4v) is 1.65. The lowest BCUT2D eigenvalue weighted by molar-refractivity contribution is -0.138. The monoisotopic (exact) mass is 220 g/mol. The van der Waals surface area contributed by atoms with Gasteiger partial charge in [0.05, 0.1) is 0 Å². The number of carbonyl (C=O) groups excluding carboxylic acids is 1. The van der Waals surface area contributed by atoms with Gasteiger partial charge in [-0.15, -0.1) is 0 Å². The first kappa shape index (κ1) is 11.3. The Morgan fingerprint density at radius 1 is 1.31 bits per heavy atom. The number of rotatable bonds is 4. The van der Waals surface area contributed by atoms with E-state index in [0.29, 0.717) is 0 Å². The minimum absolute atomic E-state index is 0.00357. The number of benzene rings is 1. The van der Waals surface area contributed by atoms with Crippen LogP contribution < -0.4 is 0 Å². The Bertz CT molecular complexity index is 383. The van der Waals surface area contributed by atoms with Crippen molar-refractivity contribution in [2.75, 3.05) is 7.11 Å². The zero-order valence-electron chi connectivity index (χ0n) is 9.77. The molecule has 1 aliphatic heterocycles. The molecule has 1 saturated heterocycles. The largest absolute Gasteiger partial charge is 0.371 e. The van der Waals surface area contributed by atoms with E-state index >= 15 is 0 Å². The van der Waals surface area contributed by atoms with Crippen molar-refractivity contribution in [2.24, 2.45) is 0 Å². The molecule has 0 bridgehead atoms. The highest BCUT2D eigenvalue weighted by atomic mass is 16.6. The van der Waals surface area contributed by atoms with Crippen molar-refractivity contribution in [2.45, 2.75) is 31.7 Å². The van der Waals surface area contributed by atoms with E-state index in [1.807, 2.05) is 30.3 Å². The summed E-state index contributed by atoms with van der Waals surface area (Å²) in [6.45, 7) is 3.53. The third kappa shape index (κ3) is 2.01. The van der Waals surface area contributed by atoms with E-state index in [-0.39, 0.29) is 18.0 Å². The maximum absolute atomic E-state index is 12.0. The molecule has 86 valence electrons. The summed E-state index contributed by atoms with van der Waals surface area (Å²) >= 11 is 0. The Balaban J connectivity index is 2.05. The minimum atomic E-state index is -0.770. The molecule has 0 N–H and O–H groups in total. The summed E-state index contributed by atoms with van der Waals surface area (Å²) in [6.07, 6.45) is -0.444. The Labute approximate surface area is 95.4 Å². The molecule has 0 aromatic heterocycles. The number of hydrogen-bond acceptors (Lipinski definition) is 3. The maximum atomic E-state index is 12.0. The second-order valence-corrected chi connectivity index (χ2v) is 4.47. The third-order valence-corrected chi connectivity index (χ3v) is 2.98. The van der Waals surface area contributed by atoms with E-state index in [9.17, 15) is 4.79 Å². The van der Waals surface area contributed by atoms with E-state index in [4.69, 9.17) is 9.47 Å². The van der Waals surface area contributed by atoms with Crippen LogP contribution in [0.4, 0.5) is 0 Å². The van der Waals surface area contributed by atoms with Gasteiger partial charge in [0.2, 0.25) is 0 Å². The first-order chi connectivity index (χ1) is 7.56. The number of Topliss-reactive ketones (excluding diaryl/α,β-unsaturated/α-hetero) is 1. The molecule has 1 aliphatic rings. The molecule has 0 amide bonds. The lowest BCUT2D eigenvalue weighted by Crippen LogP contribution is -2.37. The molecule has 2 atom stereocenters.